The first-order chi connectivity index (χ1) is 18.2. The highest BCUT2D eigenvalue weighted by atomic mass is 32.2. The lowest BCUT2D eigenvalue weighted by Crippen LogP contribution is -2.43. The number of imide groups is 1. The van der Waals surface area contributed by atoms with Crippen LogP contribution in [0.25, 0.3) is 0 Å². The number of halogens is 3. The van der Waals surface area contributed by atoms with Crippen LogP contribution in [0.5, 0.6) is 0 Å². The number of urea groups is 1. The molecule has 2 aromatic carbocycles. The largest absolute Gasteiger partial charge is 0.501 e. The number of sulfone groups is 1. The molecule has 4 rings (SSSR count). The third kappa shape index (κ3) is 5.27. The number of hydrazine groups is 1. The number of nitrogens with one attached hydrogen (secondary N) is 2. The van der Waals surface area contributed by atoms with Gasteiger partial charge in [-0.3, -0.25) is 20.4 Å². The molecule has 1 aliphatic heterocycles. The van der Waals surface area contributed by atoms with Gasteiger partial charge in [0.2, 0.25) is 0 Å². The Morgan fingerprint density at radius 2 is 1.64 bits per heavy atom. The minimum absolute atomic E-state index is 0.0432. The van der Waals surface area contributed by atoms with E-state index >= 15 is 0 Å². The van der Waals surface area contributed by atoms with Crippen LogP contribution in [-0.4, -0.2) is 47.2 Å². The molecule has 0 atom stereocenters. The van der Waals surface area contributed by atoms with Crippen LogP contribution in [0.4, 0.5) is 29.5 Å². The number of carbonyl (C=O) groups excluding carboxylic acids is 3. The van der Waals surface area contributed by atoms with Crippen LogP contribution >= 0.6 is 0 Å². The van der Waals surface area contributed by atoms with Crippen LogP contribution in [0.15, 0.2) is 77.8 Å². The fourth-order valence-electron chi connectivity index (χ4n) is 3.84. The van der Waals surface area contributed by atoms with Crippen LogP contribution in [-0.2, 0) is 21.2 Å². The molecule has 0 aliphatic carbocycles. The van der Waals surface area contributed by atoms with E-state index in [1.54, 1.807) is 42.5 Å². The van der Waals surface area contributed by atoms with Gasteiger partial charge in [-0.2, -0.15) is 13.2 Å². The number of pyridine rings is 1. The first kappa shape index (κ1) is 27.6. The number of hydrogen-bond donors (Lipinski definition) is 2. The summed E-state index contributed by atoms with van der Waals surface area (Å²) in [4.78, 5) is 43.8. The standard InChI is InChI=1S/C25H22F3N5O5S/c1-24(2)22(35)33(18-8-10-19(11-9-18)39(37,38)25(26,27)28)23(36)32(24)15-16-12-13-29-20(14-16)30-31-21(34)17-6-4-3-5-7-17/h3-14H,15H2,1-2H3,(H,29,30)(H,31,34). The molecule has 39 heavy (non-hydrogen) atoms. The summed E-state index contributed by atoms with van der Waals surface area (Å²) in [6, 6.07) is 14.2. The van der Waals surface area contributed by atoms with E-state index < -0.39 is 43.6 Å². The monoisotopic (exact) mass is 561 g/mol. The lowest BCUT2D eigenvalue weighted by Gasteiger charge is -2.27. The highest BCUT2D eigenvalue weighted by molar-refractivity contribution is 7.92. The zero-order chi connectivity index (χ0) is 28.6. The Morgan fingerprint density at radius 3 is 2.26 bits per heavy atom. The zero-order valence-corrected chi connectivity index (χ0v) is 21.4. The molecule has 10 nitrogen and oxygen atoms in total. The molecule has 14 heteroatoms. The minimum Gasteiger partial charge on any atom is -0.305 e. The maximum Gasteiger partial charge on any atom is 0.501 e. The van der Waals surface area contributed by atoms with E-state index in [2.05, 4.69) is 15.8 Å². The van der Waals surface area contributed by atoms with Gasteiger partial charge < -0.3 is 4.90 Å². The average molecular weight is 562 g/mol. The Bertz CT molecular complexity index is 1530. The number of hydrogen-bond acceptors (Lipinski definition) is 7. The van der Waals surface area contributed by atoms with Gasteiger partial charge in [0.15, 0.2) is 0 Å². The van der Waals surface area contributed by atoms with Gasteiger partial charge in [-0.05, 0) is 67.9 Å². The Morgan fingerprint density at radius 1 is 1.00 bits per heavy atom. The zero-order valence-electron chi connectivity index (χ0n) is 20.6. The van der Waals surface area contributed by atoms with Gasteiger partial charge in [0, 0.05) is 18.3 Å². The molecule has 204 valence electrons. The molecule has 2 heterocycles. The highest BCUT2D eigenvalue weighted by Crippen LogP contribution is 2.35. The van der Waals surface area contributed by atoms with E-state index in [9.17, 15) is 36.0 Å². The molecular weight excluding hydrogens is 539 g/mol. The summed E-state index contributed by atoms with van der Waals surface area (Å²) in [5.74, 6) is -0.777. The van der Waals surface area contributed by atoms with E-state index in [-0.39, 0.29) is 18.1 Å². The minimum atomic E-state index is -5.59. The fraction of sp³-hybridized carbons (Fsp3) is 0.200. The first-order valence-electron chi connectivity index (χ1n) is 11.4. The average Bonchev–Trinajstić information content (AvgIpc) is 3.06. The third-order valence-electron chi connectivity index (χ3n) is 6.04. The predicted octanol–water partition coefficient (Wildman–Crippen LogP) is 3.88. The second kappa shape index (κ2) is 10.0. The lowest BCUT2D eigenvalue weighted by molar-refractivity contribution is -0.123. The van der Waals surface area contributed by atoms with Crippen LogP contribution < -0.4 is 15.8 Å². The summed E-state index contributed by atoms with van der Waals surface area (Å²) in [7, 11) is -5.59. The molecule has 1 aliphatic rings. The summed E-state index contributed by atoms with van der Waals surface area (Å²) in [5, 5.41) is 0. The normalized spacial score (nSPS) is 15.4. The van der Waals surface area contributed by atoms with Gasteiger partial charge in [-0.1, -0.05) is 18.2 Å². The molecule has 1 aromatic heterocycles. The van der Waals surface area contributed by atoms with E-state index in [1.807, 2.05) is 0 Å². The fourth-order valence-corrected chi connectivity index (χ4v) is 4.60. The number of amides is 4. The number of alkyl halides is 3. The van der Waals surface area contributed by atoms with Gasteiger partial charge in [0.1, 0.15) is 11.4 Å². The second-order valence-electron chi connectivity index (χ2n) is 9.01. The first-order valence-corrected chi connectivity index (χ1v) is 12.9. The number of aromatic nitrogens is 1. The molecule has 4 amide bonds. The quantitative estimate of drug-likeness (QED) is 0.331. The summed E-state index contributed by atoms with van der Waals surface area (Å²) in [6.45, 7) is 2.98. The highest BCUT2D eigenvalue weighted by Gasteiger charge is 2.52. The topological polar surface area (TPSA) is 129 Å². The van der Waals surface area contributed by atoms with Gasteiger partial charge in [0.25, 0.3) is 21.7 Å². The summed E-state index contributed by atoms with van der Waals surface area (Å²) in [5.41, 5.74) is -0.725. The molecule has 0 saturated carbocycles. The van der Waals surface area contributed by atoms with Crippen molar-refractivity contribution >= 4 is 39.2 Å². The van der Waals surface area contributed by atoms with Crippen molar-refractivity contribution in [3.63, 3.8) is 0 Å². The molecule has 0 radical (unpaired) electrons. The van der Waals surface area contributed by atoms with Crippen molar-refractivity contribution in [2.45, 2.75) is 36.3 Å². The van der Waals surface area contributed by atoms with Crippen LogP contribution in [0.3, 0.4) is 0 Å². The Hall–Kier alpha value is -4.46. The van der Waals surface area contributed by atoms with Crippen molar-refractivity contribution in [1.29, 1.82) is 0 Å². The SMILES string of the molecule is CC1(C)C(=O)N(c2ccc(S(=O)(=O)C(F)(F)F)cc2)C(=O)N1Cc1ccnc(NNC(=O)c2ccccc2)c1. The lowest BCUT2D eigenvalue weighted by atomic mass is 10.0. The molecule has 0 unspecified atom stereocenters. The van der Waals surface area contributed by atoms with E-state index in [1.165, 1.54) is 24.9 Å². The van der Waals surface area contributed by atoms with Crippen LogP contribution in [0.2, 0.25) is 0 Å². The van der Waals surface area contributed by atoms with E-state index in [0.717, 1.165) is 17.0 Å². The summed E-state index contributed by atoms with van der Waals surface area (Å²) in [6.07, 6.45) is 1.44. The number of carbonyl (C=O) groups is 3. The maximum absolute atomic E-state index is 13.3. The van der Waals surface area contributed by atoms with Crippen molar-refractivity contribution < 1.29 is 36.0 Å². The Labute approximate surface area is 221 Å². The van der Waals surface area contributed by atoms with Gasteiger partial charge >= 0.3 is 11.5 Å². The Kier molecular flexibility index (Phi) is 7.08. The number of nitrogens with zero attached hydrogens (tertiary/aromatic N) is 3. The Balaban J connectivity index is 1.51. The van der Waals surface area contributed by atoms with Crippen molar-refractivity contribution in [2.75, 3.05) is 10.3 Å². The number of anilines is 2. The molecule has 1 fully saturated rings. The smallest absolute Gasteiger partial charge is 0.305 e. The molecule has 0 spiro atoms. The van der Waals surface area contributed by atoms with Crippen molar-refractivity contribution in [1.82, 2.24) is 15.3 Å². The number of benzene rings is 2. The van der Waals surface area contributed by atoms with Crippen LogP contribution in [0.1, 0.15) is 29.8 Å². The van der Waals surface area contributed by atoms with Gasteiger partial charge in [-0.15, -0.1) is 0 Å². The van der Waals surface area contributed by atoms with E-state index in [4.69, 9.17) is 0 Å². The predicted molar refractivity (Wildman–Crippen MR) is 134 cm³/mol. The van der Waals surface area contributed by atoms with Crippen LogP contribution in [0, 0.1) is 0 Å². The molecule has 2 N–H and O–H groups in total. The second-order valence-corrected chi connectivity index (χ2v) is 10.9. The van der Waals surface area contributed by atoms with Gasteiger partial charge in [0.05, 0.1) is 10.6 Å². The molecule has 3 aromatic rings. The van der Waals surface area contributed by atoms with E-state index in [0.29, 0.717) is 23.3 Å². The third-order valence-corrected chi connectivity index (χ3v) is 7.54. The summed E-state index contributed by atoms with van der Waals surface area (Å²) < 4.78 is 61.9. The molecule has 1 saturated heterocycles. The van der Waals surface area contributed by atoms with Crippen molar-refractivity contribution in [3.8, 4) is 0 Å². The molecular formula is C25H22F3N5O5S. The van der Waals surface area contributed by atoms with Crippen molar-refractivity contribution in [3.05, 3.63) is 84.1 Å². The maximum atomic E-state index is 13.3. The van der Waals surface area contributed by atoms with Gasteiger partial charge in [-0.25, -0.2) is 23.1 Å². The van der Waals surface area contributed by atoms with Crippen molar-refractivity contribution in [2.24, 2.45) is 0 Å². The summed E-state index contributed by atoms with van der Waals surface area (Å²) >= 11 is 0. The number of rotatable bonds is 7. The molecule has 0 bridgehead atoms.